The Kier molecular flexibility index (Phi) is 8.93. The van der Waals surface area contributed by atoms with Crippen LogP contribution in [0.15, 0.2) is 70.2 Å². The third-order valence-corrected chi connectivity index (χ3v) is 8.34. The van der Waals surface area contributed by atoms with Crippen molar-refractivity contribution in [3.8, 4) is 11.5 Å². The molecule has 0 spiro atoms. The van der Waals surface area contributed by atoms with E-state index in [4.69, 9.17) is 13.9 Å². The van der Waals surface area contributed by atoms with E-state index in [-0.39, 0.29) is 35.8 Å². The van der Waals surface area contributed by atoms with E-state index in [1.807, 2.05) is 18.2 Å². The number of amides is 2. The molecule has 1 N–H and O–H groups in total. The molecule has 0 bridgehead atoms. The molecule has 10 nitrogen and oxygen atoms in total. The van der Waals surface area contributed by atoms with E-state index in [9.17, 15) is 18.0 Å². The molecule has 0 unspecified atom stereocenters. The number of carbonyl (C=O) groups excluding carboxylic acids is 2. The zero-order chi connectivity index (χ0) is 28.0. The Morgan fingerprint density at radius 2 is 1.74 bits per heavy atom. The van der Waals surface area contributed by atoms with Gasteiger partial charge in [0.15, 0.2) is 11.5 Å². The summed E-state index contributed by atoms with van der Waals surface area (Å²) >= 11 is 0. The molecule has 2 amide bonds. The molecule has 0 saturated heterocycles. The number of hydrogen-bond acceptors (Lipinski definition) is 7. The number of anilines is 1. The van der Waals surface area contributed by atoms with Crippen molar-refractivity contribution in [2.24, 2.45) is 0 Å². The second-order valence-corrected chi connectivity index (χ2v) is 11.2. The van der Waals surface area contributed by atoms with Gasteiger partial charge in [-0.1, -0.05) is 6.07 Å². The van der Waals surface area contributed by atoms with Crippen molar-refractivity contribution in [2.45, 2.75) is 43.7 Å². The Hall–Kier alpha value is -3.83. The Morgan fingerprint density at radius 3 is 2.33 bits per heavy atom. The molecule has 0 radical (unpaired) electrons. The largest absolute Gasteiger partial charge is 0.493 e. The van der Waals surface area contributed by atoms with Crippen LogP contribution in [0.3, 0.4) is 0 Å². The highest BCUT2D eigenvalue weighted by Crippen LogP contribution is 2.33. The van der Waals surface area contributed by atoms with Gasteiger partial charge in [0, 0.05) is 25.2 Å². The van der Waals surface area contributed by atoms with Crippen LogP contribution < -0.4 is 14.8 Å². The van der Waals surface area contributed by atoms with Crippen LogP contribution in [0.2, 0.25) is 0 Å². The van der Waals surface area contributed by atoms with Gasteiger partial charge in [-0.25, -0.2) is 8.42 Å². The number of sulfonamides is 1. The normalized spacial score (nSPS) is 13.2. The topological polar surface area (TPSA) is 118 Å². The first-order valence-electron chi connectivity index (χ1n) is 12.6. The van der Waals surface area contributed by atoms with Gasteiger partial charge >= 0.3 is 0 Å². The Bertz CT molecular complexity index is 1390. The van der Waals surface area contributed by atoms with Crippen molar-refractivity contribution < 1.29 is 31.9 Å². The van der Waals surface area contributed by atoms with Crippen molar-refractivity contribution in [1.29, 1.82) is 0 Å². The number of methoxy groups -OCH3 is 2. The first-order valence-corrected chi connectivity index (χ1v) is 14.1. The average molecular weight is 556 g/mol. The average Bonchev–Trinajstić information content (AvgIpc) is 3.63. The predicted molar refractivity (Wildman–Crippen MR) is 145 cm³/mol. The Morgan fingerprint density at radius 1 is 1.03 bits per heavy atom. The van der Waals surface area contributed by atoms with Crippen LogP contribution in [0.4, 0.5) is 5.69 Å². The van der Waals surface area contributed by atoms with Crippen LogP contribution in [0.1, 0.15) is 31.1 Å². The fraction of sp³-hybridized carbons (Fsp3) is 0.357. The van der Waals surface area contributed by atoms with E-state index in [1.165, 1.54) is 41.8 Å². The minimum atomic E-state index is -3.94. The van der Waals surface area contributed by atoms with Crippen LogP contribution in [0, 0.1) is 0 Å². The standard InChI is InChI=1S/C28H33N3O7S/c1-20(32)29-22-7-11-25(12-8-22)39(34,35)31(23-9-10-23)19-28(33)30(18-24-5-4-16-38-24)15-14-21-6-13-26(36-2)27(17-21)37-3/h4-8,11-13,16-17,23H,9-10,14-15,18-19H2,1-3H3,(H,29,32). The number of nitrogens with one attached hydrogen (secondary N) is 1. The van der Waals surface area contributed by atoms with Crippen LogP contribution >= 0.6 is 0 Å². The fourth-order valence-corrected chi connectivity index (χ4v) is 5.87. The second-order valence-electron chi connectivity index (χ2n) is 9.32. The van der Waals surface area contributed by atoms with Crippen molar-refractivity contribution in [3.05, 3.63) is 72.2 Å². The van der Waals surface area contributed by atoms with Gasteiger partial charge in [0.1, 0.15) is 5.76 Å². The maximum atomic E-state index is 13.6. The van der Waals surface area contributed by atoms with E-state index in [2.05, 4.69) is 5.32 Å². The van der Waals surface area contributed by atoms with Crippen LogP contribution in [-0.2, 0) is 32.6 Å². The minimum Gasteiger partial charge on any atom is -0.493 e. The lowest BCUT2D eigenvalue weighted by atomic mass is 10.1. The first kappa shape index (κ1) is 28.2. The molecule has 1 saturated carbocycles. The zero-order valence-corrected chi connectivity index (χ0v) is 23.1. The molecule has 39 heavy (non-hydrogen) atoms. The summed E-state index contributed by atoms with van der Waals surface area (Å²) < 4.78 is 44.6. The Balaban J connectivity index is 1.52. The van der Waals surface area contributed by atoms with Crippen molar-refractivity contribution >= 4 is 27.5 Å². The summed E-state index contributed by atoms with van der Waals surface area (Å²) in [5.74, 6) is 1.23. The highest BCUT2D eigenvalue weighted by atomic mass is 32.2. The van der Waals surface area contributed by atoms with Crippen LogP contribution in [-0.4, -0.2) is 62.8 Å². The second kappa shape index (κ2) is 12.4. The van der Waals surface area contributed by atoms with Crippen LogP contribution in [0.25, 0.3) is 0 Å². The number of furan rings is 1. The molecule has 1 aliphatic carbocycles. The van der Waals surface area contributed by atoms with E-state index < -0.39 is 10.0 Å². The van der Waals surface area contributed by atoms with Crippen molar-refractivity contribution in [2.75, 3.05) is 32.6 Å². The van der Waals surface area contributed by atoms with Gasteiger partial charge in [-0.15, -0.1) is 0 Å². The molecule has 4 rings (SSSR count). The van der Waals surface area contributed by atoms with E-state index in [0.29, 0.717) is 48.8 Å². The summed E-state index contributed by atoms with van der Waals surface area (Å²) in [6.07, 6.45) is 3.45. The summed E-state index contributed by atoms with van der Waals surface area (Å²) in [7, 11) is -0.806. The highest BCUT2D eigenvalue weighted by Gasteiger charge is 2.40. The number of hydrogen-bond donors (Lipinski definition) is 1. The lowest BCUT2D eigenvalue weighted by molar-refractivity contribution is -0.132. The smallest absolute Gasteiger partial charge is 0.243 e. The highest BCUT2D eigenvalue weighted by molar-refractivity contribution is 7.89. The number of nitrogens with zero attached hydrogens (tertiary/aromatic N) is 2. The number of benzene rings is 2. The van der Waals surface area contributed by atoms with Crippen molar-refractivity contribution in [1.82, 2.24) is 9.21 Å². The maximum absolute atomic E-state index is 13.6. The molecule has 0 atom stereocenters. The molecule has 1 fully saturated rings. The molecular weight excluding hydrogens is 522 g/mol. The van der Waals surface area contributed by atoms with E-state index >= 15 is 0 Å². The monoisotopic (exact) mass is 555 g/mol. The lowest BCUT2D eigenvalue weighted by Gasteiger charge is -2.27. The minimum absolute atomic E-state index is 0.0687. The van der Waals surface area contributed by atoms with Gasteiger partial charge in [-0.05, 0) is 73.4 Å². The molecule has 1 aromatic heterocycles. The molecule has 3 aromatic rings. The third-order valence-electron chi connectivity index (χ3n) is 6.42. The van der Waals surface area contributed by atoms with Gasteiger partial charge in [-0.3, -0.25) is 9.59 Å². The maximum Gasteiger partial charge on any atom is 0.243 e. The summed E-state index contributed by atoms with van der Waals surface area (Å²) in [6, 6.07) is 14.8. The SMILES string of the molecule is COc1ccc(CCN(Cc2ccco2)C(=O)CN(C2CC2)S(=O)(=O)c2ccc(NC(C)=O)cc2)cc1OC. The summed E-state index contributed by atoms with van der Waals surface area (Å²) in [5, 5.41) is 2.63. The van der Waals surface area contributed by atoms with Gasteiger partial charge in [0.2, 0.25) is 21.8 Å². The van der Waals surface area contributed by atoms with Gasteiger partial charge < -0.3 is 24.1 Å². The predicted octanol–water partition coefficient (Wildman–Crippen LogP) is 3.68. The lowest BCUT2D eigenvalue weighted by Crippen LogP contribution is -2.44. The number of rotatable bonds is 13. The molecule has 1 heterocycles. The zero-order valence-electron chi connectivity index (χ0n) is 22.3. The molecule has 2 aromatic carbocycles. The molecule has 1 aliphatic rings. The molecule has 0 aliphatic heterocycles. The fourth-order valence-electron chi connectivity index (χ4n) is 4.24. The summed E-state index contributed by atoms with van der Waals surface area (Å²) in [6.45, 7) is 1.65. The van der Waals surface area contributed by atoms with E-state index in [0.717, 1.165) is 5.56 Å². The summed E-state index contributed by atoms with van der Waals surface area (Å²) in [5.41, 5.74) is 1.44. The third kappa shape index (κ3) is 7.18. The van der Waals surface area contributed by atoms with E-state index in [1.54, 1.807) is 31.3 Å². The van der Waals surface area contributed by atoms with Gasteiger partial charge in [0.25, 0.3) is 0 Å². The number of carbonyl (C=O) groups is 2. The molecule has 11 heteroatoms. The quantitative estimate of drug-likeness (QED) is 0.342. The van der Waals surface area contributed by atoms with Crippen molar-refractivity contribution in [3.63, 3.8) is 0 Å². The first-order chi connectivity index (χ1) is 18.7. The molecular formula is C28H33N3O7S. The Labute approximate surface area is 228 Å². The van der Waals surface area contributed by atoms with Gasteiger partial charge in [-0.2, -0.15) is 4.31 Å². The van der Waals surface area contributed by atoms with Gasteiger partial charge in [0.05, 0.1) is 38.5 Å². The summed E-state index contributed by atoms with van der Waals surface area (Å²) in [4.78, 5) is 26.6. The number of ether oxygens (including phenoxy) is 2. The molecule has 208 valence electrons. The van der Waals surface area contributed by atoms with Crippen LogP contribution in [0.5, 0.6) is 11.5 Å².